The van der Waals surface area contributed by atoms with Gasteiger partial charge in [0.25, 0.3) is 0 Å². The predicted octanol–water partition coefficient (Wildman–Crippen LogP) is 1.43. The highest BCUT2D eigenvalue weighted by atomic mass is 16.1. The number of benzene rings is 1. The molecule has 0 aliphatic rings. The lowest BCUT2D eigenvalue weighted by Crippen LogP contribution is -2.12. The lowest BCUT2D eigenvalue weighted by Gasteiger charge is -2.06. The van der Waals surface area contributed by atoms with Gasteiger partial charge in [0.05, 0.1) is 0 Å². The van der Waals surface area contributed by atoms with Gasteiger partial charge in [0.15, 0.2) is 0 Å². The van der Waals surface area contributed by atoms with Crippen molar-refractivity contribution in [2.75, 3.05) is 5.73 Å². The molecule has 0 aliphatic carbocycles. The first kappa shape index (κ1) is 10.2. The summed E-state index contributed by atoms with van der Waals surface area (Å²) in [4.78, 5) is 15.2. The van der Waals surface area contributed by atoms with Crippen LogP contribution in [0.5, 0.6) is 0 Å². The maximum atomic E-state index is 11.2. The molecule has 0 unspecified atom stereocenters. The standard InChI is InChI=1S/C12H11N3O/c13-9-3-1-8(2-4-9)11-7-15-6-5-10(11)12(14)16/h1-7H,13H2,(H2,14,16). The minimum absolute atomic E-state index is 0.458. The Balaban J connectivity index is 2.55. The Morgan fingerprint density at radius 1 is 1.12 bits per heavy atom. The van der Waals surface area contributed by atoms with Crippen LogP contribution in [0.2, 0.25) is 0 Å². The van der Waals surface area contributed by atoms with Crippen molar-refractivity contribution in [1.82, 2.24) is 4.98 Å². The van der Waals surface area contributed by atoms with Crippen molar-refractivity contribution in [2.45, 2.75) is 0 Å². The molecule has 4 N–H and O–H groups in total. The smallest absolute Gasteiger partial charge is 0.249 e. The number of hydrogen-bond donors (Lipinski definition) is 2. The van der Waals surface area contributed by atoms with Crippen molar-refractivity contribution < 1.29 is 4.79 Å². The van der Waals surface area contributed by atoms with Gasteiger partial charge < -0.3 is 11.5 Å². The van der Waals surface area contributed by atoms with Gasteiger partial charge in [-0.25, -0.2) is 0 Å². The second kappa shape index (κ2) is 4.02. The summed E-state index contributed by atoms with van der Waals surface area (Å²) >= 11 is 0. The van der Waals surface area contributed by atoms with Gasteiger partial charge in [-0.1, -0.05) is 12.1 Å². The lowest BCUT2D eigenvalue weighted by molar-refractivity contribution is 0.100. The molecule has 2 rings (SSSR count). The van der Waals surface area contributed by atoms with E-state index in [1.807, 2.05) is 12.1 Å². The molecule has 80 valence electrons. The molecule has 4 heteroatoms. The molecule has 0 fully saturated rings. The highest BCUT2D eigenvalue weighted by molar-refractivity contribution is 5.99. The Kier molecular flexibility index (Phi) is 2.55. The molecule has 1 amide bonds. The number of primary amides is 1. The van der Waals surface area contributed by atoms with E-state index in [0.717, 1.165) is 11.1 Å². The summed E-state index contributed by atoms with van der Waals surface area (Å²) in [6.45, 7) is 0. The van der Waals surface area contributed by atoms with Crippen LogP contribution >= 0.6 is 0 Å². The minimum atomic E-state index is -0.464. The first-order valence-electron chi connectivity index (χ1n) is 4.78. The summed E-state index contributed by atoms with van der Waals surface area (Å²) in [7, 11) is 0. The number of anilines is 1. The average molecular weight is 213 g/mol. The Labute approximate surface area is 92.9 Å². The number of nitrogens with two attached hydrogens (primary N) is 2. The van der Waals surface area contributed by atoms with Gasteiger partial charge in [0.1, 0.15) is 0 Å². The molecule has 0 radical (unpaired) electrons. The average Bonchev–Trinajstić information content (AvgIpc) is 2.30. The van der Waals surface area contributed by atoms with Crippen LogP contribution in [-0.2, 0) is 0 Å². The van der Waals surface area contributed by atoms with Crippen molar-refractivity contribution in [2.24, 2.45) is 5.73 Å². The third kappa shape index (κ3) is 1.86. The van der Waals surface area contributed by atoms with Gasteiger partial charge in [-0.05, 0) is 23.8 Å². The molecule has 2 aromatic rings. The van der Waals surface area contributed by atoms with Crippen LogP contribution in [0.1, 0.15) is 10.4 Å². The Bertz CT molecular complexity index is 520. The molecule has 0 bridgehead atoms. The second-order valence-electron chi connectivity index (χ2n) is 3.41. The Morgan fingerprint density at radius 3 is 2.44 bits per heavy atom. The normalized spacial score (nSPS) is 10.0. The number of carbonyl (C=O) groups is 1. The summed E-state index contributed by atoms with van der Waals surface area (Å²) < 4.78 is 0. The first-order valence-corrected chi connectivity index (χ1v) is 4.78. The molecular formula is C12H11N3O. The number of pyridine rings is 1. The number of nitrogen functional groups attached to an aromatic ring is 1. The molecule has 0 spiro atoms. The van der Waals surface area contributed by atoms with E-state index in [9.17, 15) is 4.79 Å². The van der Waals surface area contributed by atoms with Crippen molar-refractivity contribution in [3.05, 3.63) is 48.3 Å². The van der Waals surface area contributed by atoms with E-state index in [0.29, 0.717) is 11.3 Å². The zero-order chi connectivity index (χ0) is 11.5. The van der Waals surface area contributed by atoms with E-state index in [1.165, 1.54) is 0 Å². The molecule has 1 aromatic heterocycles. The van der Waals surface area contributed by atoms with E-state index in [1.54, 1.807) is 30.6 Å². The summed E-state index contributed by atoms with van der Waals surface area (Å²) in [5, 5.41) is 0. The predicted molar refractivity (Wildman–Crippen MR) is 62.6 cm³/mol. The SMILES string of the molecule is NC(=O)c1ccncc1-c1ccc(N)cc1. The summed E-state index contributed by atoms with van der Waals surface area (Å²) in [5.74, 6) is -0.464. The van der Waals surface area contributed by atoms with E-state index < -0.39 is 5.91 Å². The fraction of sp³-hybridized carbons (Fsp3) is 0. The van der Waals surface area contributed by atoms with Gasteiger partial charge in [-0.3, -0.25) is 9.78 Å². The van der Waals surface area contributed by atoms with Gasteiger partial charge >= 0.3 is 0 Å². The molecule has 0 aliphatic heterocycles. The molecule has 16 heavy (non-hydrogen) atoms. The monoisotopic (exact) mass is 213 g/mol. The van der Waals surface area contributed by atoms with Crippen LogP contribution in [-0.4, -0.2) is 10.9 Å². The van der Waals surface area contributed by atoms with Crippen molar-refractivity contribution in [3.63, 3.8) is 0 Å². The highest BCUT2D eigenvalue weighted by Crippen LogP contribution is 2.23. The zero-order valence-corrected chi connectivity index (χ0v) is 8.55. The molecular weight excluding hydrogens is 202 g/mol. The van der Waals surface area contributed by atoms with Crippen LogP contribution in [0.3, 0.4) is 0 Å². The van der Waals surface area contributed by atoms with Gasteiger partial charge in [0, 0.05) is 29.2 Å². The summed E-state index contributed by atoms with van der Waals surface area (Å²) in [6, 6.07) is 8.81. The number of aromatic nitrogens is 1. The Morgan fingerprint density at radius 2 is 1.81 bits per heavy atom. The fourth-order valence-corrected chi connectivity index (χ4v) is 1.50. The number of nitrogens with zero attached hydrogens (tertiary/aromatic N) is 1. The topological polar surface area (TPSA) is 82.0 Å². The van der Waals surface area contributed by atoms with Crippen LogP contribution in [0.15, 0.2) is 42.7 Å². The quantitative estimate of drug-likeness (QED) is 0.740. The van der Waals surface area contributed by atoms with E-state index in [4.69, 9.17) is 11.5 Å². The largest absolute Gasteiger partial charge is 0.399 e. The van der Waals surface area contributed by atoms with Crippen LogP contribution < -0.4 is 11.5 Å². The number of amides is 1. The molecule has 1 aromatic carbocycles. The van der Waals surface area contributed by atoms with Crippen molar-refractivity contribution in [3.8, 4) is 11.1 Å². The van der Waals surface area contributed by atoms with Crippen LogP contribution in [0.25, 0.3) is 11.1 Å². The molecule has 0 atom stereocenters. The van der Waals surface area contributed by atoms with E-state index in [-0.39, 0.29) is 0 Å². The second-order valence-corrected chi connectivity index (χ2v) is 3.41. The first-order chi connectivity index (χ1) is 7.68. The zero-order valence-electron chi connectivity index (χ0n) is 8.55. The lowest BCUT2D eigenvalue weighted by atomic mass is 10.0. The van der Waals surface area contributed by atoms with Crippen molar-refractivity contribution >= 4 is 11.6 Å². The summed E-state index contributed by atoms with van der Waals surface area (Å²) in [5.41, 5.74) is 13.6. The highest BCUT2D eigenvalue weighted by Gasteiger charge is 2.09. The summed E-state index contributed by atoms with van der Waals surface area (Å²) in [6.07, 6.45) is 3.16. The van der Waals surface area contributed by atoms with Crippen LogP contribution in [0, 0.1) is 0 Å². The number of carbonyl (C=O) groups excluding carboxylic acids is 1. The van der Waals surface area contributed by atoms with Gasteiger partial charge in [0.2, 0.25) is 5.91 Å². The minimum Gasteiger partial charge on any atom is -0.399 e. The maximum absolute atomic E-state index is 11.2. The van der Waals surface area contributed by atoms with E-state index >= 15 is 0 Å². The number of hydrogen-bond acceptors (Lipinski definition) is 3. The fourth-order valence-electron chi connectivity index (χ4n) is 1.50. The number of rotatable bonds is 2. The van der Waals surface area contributed by atoms with Gasteiger partial charge in [-0.15, -0.1) is 0 Å². The van der Waals surface area contributed by atoms with Crippen molar-refractivity contribution in [1.29, 1.82) is 0 Å². The maximum Gasteiger partial charge on any atom is 0.249 e. The molecule has 0 saturated heterocycles. The molecule has 4 nitrogen and oxygen atoms in total. The third-order valence-electron chi connectivity index (χ3n) is 2.31. The molecule has 1 heterocycles. The van der Waals surface area contributed by atoms with E-state index in [2.05, 4.69) is 4.98 Å². The van der Waals surface area contributed by atoms with Crippen LogP contribution in [0.4, 0.5) is 5.69 Å². The van der Waals surface area contributed by atoms with Gasteiger partial charge in [-0.2, -0.15) is 0 Å². The molecule has 0 saturated carbocycles. The Hall–Kier alpha value is -2.36. The third-order valence-corrected chi connectivity index (χ3v) is 2.31.